The van der Waals surface area contributed by atoms with Gasteiger partial charge in [0.25, 0.3) is 0 Å². The normalized spacial score (nSPS) is 33.1. The third kappa shape index (κ3) is 2.19. The number of nitrogens with one attached hydrogen (secondary N) is 1. The Kier molecular flexibility index (Phi) is 3.64. The van der Waals surface area contributed by atoms with E-state index in [1.807, 2.05) is 0 Å². The molecule has 20 heavy (non-hydrogen) atoms. The van der Waals surface area contributed by atoms with Gasteiger partial charge in [-0.25, -0.2) is 0 Å². The lowest BCUT2D eigenvalue weighted by Gasteiger charge is -2.46. The Labute approximate surface area is 123 Å². The van der Waals surface area contributed by atoms with Crippen LogP contribution in [0.3, 0.4) is 0 Å². The van der Waals surface area contributed by atoms with E-state index >= 15 is 0 Å². The SMILES string of the molecule is CNC1c2ccccc2C(C)CC1N1CCCC1(C)C. The van der Waals surface area contributed by atoms with Gasteiger partial charge < -0.3 is 5.32 Å². The van der Waals surface area contributed by atoms with Crippen LogP contribution in [0.5, 0.6) is 0 Å². The van der Waals surface area contributed by atoms with Crippen molar-refractivity contribution < 1.29 is 0 Å². The average molecular weight is 272 g/mol. The van der Waals surface area contributed by atoms with Gasteiger partial charge in [0.05, 0.1) is 0 Å². The molecule has 1 saturated heterocycles. The molecule has 0 amide bonds. The van der Waals surface area contributed by atoms with Crippen LogP contribution in [0.15, 0.2) is 24.3 Å². The molecule has 1 aromatic rings. The molecule has 1 aromatic carbocycles. The molecule has 0 radical (unpaired) electrons. The van der Waals surface area contributed by atoms with Crippen molar-refractivity contribution in [3.05, 3.63) is 35.4 Å². The van der Waals surface area contributed by atoms with E-state index in [9.17, 15) is 0 Å². The number of hydrogen-bond donors (Lipinski definition) is 1. The first-order valence-electron chi connectivity index (χ1n) is 8.07. The van der Waals surface area contributed by atoms with Gasteiger partial charge in [-0.15, -0.1) is 0 Å². The van der Waals surface area contributed by atoms with Crippen molar-refractivity contribution >= 4 is 0 Å². The van der Waals surface area contributed by atoms with E-state index in [1.54, 1.807) is 5.56 Å². The number of nitrogens with zero attached hydrogens (tertiary/aromatic N) is 1. The Morgan fingerprint density at radius 3 is 2.50 bits per heavy atom. The minimum Gasteiger partial charge on any atom is -0.312 e. The zero-order valence-corrected chi connectivity index (χ0v) is 13.3. The summed E-state index contributed by atoms with van der Waals surface area (Å²) in [6, 6.07) is 10.1. The lowest BCUT2D eigenvalue weighted by atomic mass is 9.76. The quantitative estimate of drug-likeness (QED) is 0.883. The molecule has 2 nitrogen and oxygen atoms in total. The molecule has 1 aliphatic heterocycles. The molecule has 0 saturated carbocycles. The van der Waals surface area contributed by atoms with Crippen LogP contribution in [-0.4, -0.2) is 30.1 Å². The number of likely N-dealkylation sites (tertiary alicyclic amines) is 1. The van der Waals surface area contributed by atoms with Crippen LogP contribution < -0.4 is 5.32 Å². The van der Waals surface area contributed by atoms with E-state index in [2.05, 4.69) is 62.3 Å². The molecule has 2 aliphatic rings. The van der Waals surface area contributed by atoms with Crippen LogP contribution in [0.2, 0.25) is 0 Å². The number of hydrogen-bond acceptors (Lipinski definition) is 2. The van der Waals surface area contributed by atoms with Gasteiger partial charge in [-0.2, -0.15) is 0 Å². The average Bonchev–Trinajstić information content (AvgIpc) is 2.78. The summed E-state index contributed by atoms with van der Waals surface area (Å²) in [5.74, 6) is 0.664. The highest BCUT2D eigenvalue weighted by molar-refractivity contribution is 5.37. The molecular weight excluding hydrogens is 244 g/mol. The van der Waals surface area contributed by atoms with Crippen LogP contribution in [0, 0.1) is 0 Å². The number of rotatable bonds is 2. The summed E-state index contributed by atoms with van der Waals surface area (Å²) in [7, 11) is 2.12. The van der Waals surface area contributed by atoms with Crippen LogP contribution in [0.1, 0.15) is 63.1 Å². The molecule has 110 valence electrons. The molecule has 1 aliphatic carbocycles. The van der Waals surface area contributed by atoms with E-state index in [-0.39, 0.29) is 0 Å². The van der Waals surface area contributed by atoms with Crippen LogP contribution in [-0.2, 0) is 0 Å². The maximum absolute atomic E-state index is 3.60. The van der Waals surface area contributed by atoms with Crippen molar-refractivity contribution in [1.82, 2.24) is 10.2 Å². The lowest BCUT2D eigenvalue weighted by Crippen LogP contribution is -2.52. The van der Waals surface area contributed by atoms with E-state index in [0.717, 1.165) is 0 Å². The Morgan fingerprint density at radius 1 is 1.20 bits per heavy atom. The number of fused-ring (bicyclic) bond motifs is 1. The summed E-state index contributed by atoms with van der Waals surface area (Å²) < 4.78 is 0. The summed E-state index contributed by atoms with van der Waals surface area (Å²) in [4.78, 5) is 2.76. The summed E-state index contributed by atoms with van der Waals surface area (Å²) in [5.41, 5.74) is 3.41. The lowest BCUT2D eigenvalue weighted by molar-refractivity contribution is 0.0748. The monoisotopic (exact) mass is 272 g/mol. The fourth-order valence-electron chi connectivity index (χ4n) is 4.47. The van der Waals surface area contributed by atoms with E-state index < -0.39 is 0 Å². The van der Waals surface area contributed by atoms with Crippen molar-refractivity contribution in [3.63, 3.8) is 0 Å². The molecule has 0 aromatic heterocycles. The van der Waals surface area contributed by atoms with Crippen LogP contribution in [0.25, 0.3) is 0 Å². The van der Waals surface area contributed by atoms with Gasteiger partial charge in [-0.05, 0) is 63.7 Å². The Balaban J connectivity index is 1.97. The van der Waals surface area contributed by atoms with Gasteiger partial charge in [0.15, 0.2) is 0 Å². The van der Waals surface area contributed by atoms with Crippen molar-refractivity contribution in [2.24, 2.45) is 0 Å². The molecule has 2 heteroatoms. The second kappa shape index (κ2) is 5.16. The second-order valence-electron chi connectivity index (χ2n) is 7.21. The molecule has 1 fully saturated rings. The first-order valence-corrected chi connectivity index (χ1v) is 8.07. The summed E-state index contributed by atoms with van der Waals surface area (Å²) >= 11 is 0. The van der Waals surface area contributed by atoms with Crippen molar-refractivity contribution in [2.45, 2.75) is 63.6 Å². The second-order valence-corrected chi connectivity index (χ2v) is 7.21. The molecule has 3 atom stereocenters. The highest BCUT2D eigenvalue weighted by Crippen LogP contribution is 2.43. The van der Waals surface area contributed by atoms with E-state index in [1.165, 1.54) is 31.4 Å². The molecule has 0 spiro atoms. The van der Waals surface area contributed by atoms with Crippen LogP contribution >= 0.6 is 0 Å². The van der Waals surface area contributed by atoms with Gasteiger partial charge >= 0.3 is 0 Å². The van der Waals surface area contributed by atoms with Crippen LogP contribution in [0.4, 0.5) is 0 Å². The standard InChI is InChI=1S/C18H28N2/c1-13-12-16(20-11-7-10-18(20,2)3)17(19-4)15-9-6-5-8-14(13)15/h5-6,8-9,13,16-17,19H,7,10-12H2,1-4H3. The van der Waals surface area contributed by atoms with Crippen molar-refractivity contribution in [2.75, 3.05) is 13.6 Å². The smallest absolute Gasteiger partial charge is 0.0478 e. The fraction of sp³-hybridized carbons (Fsp3) is 0.667. The van der Waals surface area contributed by atoms with E-state index in [4.69, 9.17) is 0 Å². The molecule has 3 rings (SSSR count). The first-order chi connectivity index (χ1) is 9.54. The third-order valence-corrected chi connectivity index (χ3v) is 5.52. The largest absolute Gasteiger partial charge is 0.312 e. The molecule has 1 N–H and O–H groups in total. The van der Waals surface area contributed by atoms with E-state index in [0.29, 0.717) is 23.5 Å². The fourth-order valence-corrected chi connectivity index (χ4v) is 4.47. The minimum absolute atomic E-state index is 0.353. The predicted octanol–water partition coefficient (Wildman–Crippen LogP) is 3.70. The zero-order chi connectivity index (χ0) is 14.3. The molecule has 3 unspecified atom stereocenters. The van der Waals surface area contributed by atoms with Gasteiger partial charge in [0, 0.05) is 17.6 Å². The molecular formula is C18H28N2. The number of benzene rings is 1. The Bertz CT molecular complexity index is 480. The van der Waals surface area contributed by atoms with Gasteiger partial charge in [0.2, 0.25) is 0 Å². The maximum atomic E-state index is 3.60. The summed E-state index contributed by atoms with van der Waals surface area (Å²) in [5, 5.41) is 3.60. The summed E-state index contributed by atoms with van der Waals surface area (Å²) in [6.45, 7) is 8.47. The highest BCUT2D eigenvalue weighted by Gasteiger charge is 2.43. The van der Waals surface area contributed by atoms with Crippen molar-refractivity contribution in [3.8, 4) is 0 Å². The zero-order valence-electron chi connectivity index (χ0n) is 13.3. The predicted molar refractivity (Wildman–Crippen MR) is 85.1 cm³/mol. The Hall–Kier alpha value is -0.860. The van der Waals surface area contributed by atoms with Gasteiger partial charge in [-0.1, -0.05) is 31.2 Å². The topological polar surface area (TPSA) is 15.3 Å². The minimum atomic E-state index is 0.353. The third-order valence-electron chi connectivity index (χ3n) is 5.52. The summed E-state index contributed by atoms with van der Waals surface area (Å²) in [6.07, 6.45) is 3.94. The molecule has 0 bridgehead atoms. The molecule has 1 heterocycles. The number of likely N-dealkylation sites (N-methyl/N-ethyl adjacent to an activating group) is 1. The highest BCUT2D eigenvalue weighted by atomic mass is 15.3. The van der Waals surface area contributed by atoms with Gasteiger partial charge in [0.1, 0.15) is 0 Å². The Morgan fingerprint density at radius 2 is 1.90 bits per heavy atom. The first kappa shape index (κ1) is 14.1. The maximum Gasteiger partial charge on any atom is 0.0478 e. The van der Waals surface area contributed by atoms with Crippen molar-refractivity contribution in [1.29, 1.82) is 0 Å². The van der Waals surface area contributed by atoms with Gasteiger partial charge in [-0.3, -0.25) is 4.90 Å².